The van der Waals surface area contributed by atoms with Crippen molar-refractivity contribution in [1.29, 1.82) is 0 Å². The molecule has 30 heavy (non-hydrogen) atoms. The van der Waals surface area contributed by atoms with E-state index in [1.54, 1.807) is 6.08 Å². The molecule has 1 aliphatic heterocycles. The minimum absolute atomic E-state index is 0.0119. The number of nitrogens with zero attached hydrogens (tertiary/aromatic N) is 1. The van der Waals surface area contributed by atoms with Crippen LogP contribution in [-0.4, -0.2) is 30.1 Å². The van der Waals surface area contributed by atoms with Crippen LogP contribution in [0.3, 0.4) is 0 Å². The molecule has 172 valence electrons. The SMILES string of the molecule is C=C/C=C\C.CC.CC.CCC.O=C(CCc1cc(F)cc(F)c1)N1CCOC1=O. The standard InChI is InChI=1S/C12H11F2NO3.C5H8.C3H8.2C2H6/c13-9-5-8(6-10(14)7-9)1-2-11(16)15-3-4-18-12(15)17;1-3-5-4-2;1-3-2;2*1-2/h5-7H,1-4H2;3-5H,1H2,2H3;3H2,1-2H3;2*1-2H3/b;5-4-;;;. The van der Waals surface area contributed by atoms with Gasteiger partial charge < -0.3 is 4.74 Å². The van der Waals surface area contributed by atoms with E-state index in [1.165, 1.54) is 18.6 Å². The minimum Gasteiger partial charge on any atom is -0.447 e. The fourth-order valence-electron chi connectivity index (χ4n) is 1.90. The predicted molar refractivity (Wildman–Crippen MR) is 121 cm³/mol. The lowest BCUT2D eigenvalue weighted by molar-refractivity contribution is -0.127. The van der Waals surface area contributed by atoms with Crippen molar-refractivity contribution in [2.45, 2.75) is 67.7 Å². The molecular formula is C24H39F2NO3. The Morgan fingerprint density at radius 1 is 1.13 bits per heavy atom. The van der Waals surface area contributed by atoms with Gasteiger partial charge in [0.1, 0.15) is 18.2 Å². The van der Waals surface area contributed by atoms with Crippen molar-refractivity contribution in [3.05, 3.63) is 60.2 Å². The summed E-state index contributed by atoms with van der Waals surface area (Å²) in [7, 11) is 0. The highest BCUT2D eigenvalue weighted by atomic mass is 19.1. The third kappa shape index (κ3) is 16.5. The summed E-state index contributed by atoms with van der Waals surface area (Å²) in [4.78, 5) is 23.7. The number of carbonyl (C=O) groups excluding carboxylic acids is 2. The molecule has 4 nitrogen and oxygen atoms in total. The Morgan fingerprint density at radius 2 is 1.63 bits per heavy atom. The molecule has 1 fully saturated rings. The van der Waals surface area contributed by atoms with Crippen LogP contribution in [0.2, 0.25) is 0 Å². The van der Waals surface area contributed by atoms with Crippen LogP contribution in [0.1, 0.15) is 66.9 Å². The maximum atomic E-state index is 12.9. The number of carbonyl (C=O) groups is 2. The maximum absolute atomic E-state index is 12.9. The van der Waals surface area contributed by atoms with Crippen molar-refractivity contribution in [3.8, 4) is 0 Å². The zero-order valence-electron chi connectivity index (χ0n) is 19.6. The van der Waals surface area contributed by atoms with Crippen molar-refractivity contribution in [2.75, 3.05) is 13.2 Å². The molecule has 0 radical (unpaired) electrons. The second-order valence-corrected chi connectivity index (χ2v) is 5.41. The molecule has 1 aliphatic rings. The number of benzene rings is 1. The molecule has 2 rings (SSSR count). The first-order valence-electron chi connectivity index (χ1n) is 10.5. The summed E-state index contributed by atoms with van der Waals surface area (Å²) in [6, 6.07) is 3.10. The second kappa shape index (κ2) is 22.8. The Kier molecular flexibility index (Phi) is 24.4. The minimum atomic E-state index is -0.682. The molecule has 1 aromatic carbocycles. The summed E-state index contributed by atoms with van der Waals surface area (Å²) in [5, 5.41) is 0. The van der Waals surface area contributed by atoms with Crippen molar-refractivity contribution in [1.82, 2.24) is 4.90 Å². The zero-order valence-corrected chi connectivity index (χ0v) is 19.6. The molecule has 0 bridgehead atoms. The van der Waals surface area contributed by atoms with Gasteiger partial charge in [-0.2, -0.15) is 0 Å². The quantitative estimate of drug-likeness (QED) is 0.482. The van der Waals surface area contributed by atoms with Gasteiger partial charge in [0.05, 0.1) is 6.54 Å². The van der Waals surface area contributed by atoms with E-state index in [1.807, 2.05) is 46.8 Å². The fraction of sp³-hybridized carbons (Fsp3) is 0.500. The Hall–Kier alpha value is -2.50. The van der Waals surface area contributed by atoms with E-state index in [9.17, 15) is 18.4 Å². The number of amides is 2. The van der Waals surface area contributed by atoms with Crippen molar-refractivity contribution in [2.24, 2.45) is 0 Å². The molecule has 6 heteroatoms. The van der Waals surface area contributed by atoms with Gasteiger partial charge >= 0.3 is 6.09 Å². The van der Waals surface area contributed by atoms with Gasteiger partial charge in [0.15, 0.2) is 0 Å². The lowest BCUT2D eigenvalue weighted by Gasteiger charge is -2.10. The van der Waals surface area contributed by atoms with Gasteiger partial charge in [0, 0.05) is 12.5 Å². The number of hydrogen-bond acceptors (Lipinski definition) is 3. The number of imide groups is 1. The monoisotopic (exact) mass is 427 g/mol. The van der Waals surface area contributed by atoms with Gasteiger partial charge in [-0.1, -0.05) is 72.8 Å². The summed E-state index contributed by atoms with van der Waals surface area (Å²) in [6.45, 7) is 18.1. The Labute approximate surface area is 181 Å². The first-order chi connectivity index (χ1) is 14.4. The predicted octanol–water partition coefficient (Wildman–Crippen LogP) is 7.09. The molecule has 2 amide bonds. The molecule has 1 heterocycles. The van der Waals surface area contributed by atoms with Crippen LogP contribution in [0.15, 0.2) is 43.0 Å². The summed E-state index contributed by atoms with van der Waals surface area (Å²) < 4.78 is 30.4. The summed E-state index contributed by atoms with van der Waals surface area (Å²) in [5.74, 6) is -1.77. The molecular weight excluding hydrogens is 388 g/mol. The first-order valence-corrected chi connectivity index (χ1v) is 10.5. The van der Waals surface area contributed by atoms with Gasteiger partial charge in [0.2, 0.25) is 5.91 Å². The molecule has 1 aromatic rings. The summed E-state index contributed by atoms with van der Waals surface area (Å²) in [6.07, 6.45) is 6.35. The first kappa shape index (κ1) is 32.2. The summed E-state index contributed by atoms with van der Waals surface area (Å²) in [5.41, 5.74) is 0.383. The molecule has 0 saturated carbocycles. The van der Waals surface area contributed by atoms with Gasteiger partial charge in [-0.05, 0) is 31.0 Å². The van der Waals surface area contributed by atoms with Crippen molar-refractivity contribution >= 4 is 12.0 Å². The fourth-order valence-corrected chi connectivity index (χ4v) is 1.90. The van der Waals surface area contributed by atoms with Crippen molar-refractivity contribution < 1.29 is 23.1 Å². The van der Waals surface area contributed by atoms with Crippen LogP contribution < -0.4 is 0 Å². The molecule has 0 N–H and O–H groups in total. The number of aryl methyl sites for hydroxylation is 1. The lowest BCUT2D eigenvalue weighted by atomic mass is 10.1. The normalized spacial score (nSPS) is 11.4. The smallest absolute Gasteiger partial charge is 0.416 e. The van der Waals surface area contributed by atoms with E-state index >= 15 is 0 Å². The number of allylic oxidation sites excluding steroid dienone is 3. The van der Waals surface area contributed by atoms with Crippen LogP contribution in [0.5, 0.6) is 0 Å². The van der Waals surface area contributed by atoms with E-state index in [4.69, 9.17) is 0 Å². The van der Waals surface area contributed by atoms with Crippen LogP contribution >= 0.6 is 0 Å². The summed E-state index contributed by atoms with van der Waals surface area (Å²) >= 11 is 0. The number of ether oxygens (including phenoxy) is 1. The lowest BCUT2D eigenvalue weighted by Crippen LogP contribution is -2.31. The van der Waals surface area contributed by atoms with Gasteiger partial charge in [-0.3, -0.25) is 4.79 Å². The highest BCUT2D eigenvalue weighted by Crippen LogP contribution is 2.12. The van der Waals surface area contributed by atoms with E-state index in [-0.39, 0.29) is 26.0 Å². The maximum Gasteiger partial charge on any atom is 0.416 e. The van der Waals surface area contributed by atoms with Crippen LogP contribution in [0.25, 0.3) is 0 Å². The average Bonchev–Trinajstić information content (AvgIpc) is 3.16. The molecule has 1 saturated heterocycles. The third-order valence-corrected chi connectivity index (χ3v) is 2.94. The molecule has 0 unspecified atom stereocenters. The highest BCUT2D eigenvalue weighted by Gasteiger charge is 2.27. The Bertz CT molecular complexity index is 596. The van der Waals surface area contributed by atoms with Gasteiger partial charge in [-0.25, -0.2) is 18.5 Å². The topological polar surface area (TPSA) is 46.6 Å². The van der Waals surface area contributed by atoms with Crippen LogP contribution in [0.4, 0.5) is 13.6 Å². The van der Waals surface area contributed by atoms with E-state index < -0.39 is 23.6 Å². The molecule has 0 aliphatic carbocycles. The average molecular weight is 428 g/mol. The van der Waals surface area contributed by atoms with Crippen LogP contribution in [0, 0.1) is 11.6 Å². The van der Waals surface area contributed by atoms with Gasteiger partial charge in [-0.15, -0.1) is 0 Å². The van der Waals surface area contributed by atoms with Crippen LogP contribution in [-0.2, 0) is 16.0 Å². The van der Waals surface area contributed by atoms with E-state index in [0.29, 0.717) is 5.56 Å². The van der Waals surface area contributed by atoms with E-state index in [2.05, 4.69) is 25.2 Å². The Morgan fingerprint density at radius 3 is 1.97 bits per heavy atom. The molecule has 0 aromatic heterocycles. The largest absolute Gasteiger partial charge is 0.447 e. The number of rotatable bonds is 4. The highest BCUT2D eigenvalue weighted by molar-refractivity contribution is 5.92. The zero-order chi connectivity index (χ0) is 23.9. The second-order valence-electron chi connectivity index (χ2n) is 5.41. The third-order valence-electron chi connectivity index (χ3n) is 2.94. The van der Waals surface area contributed by atoms with E-state index in [0.717, 1.165) is 11.0 Å². The molecule has 0 spiro atoms. The Balaban J connectivity index is -0.000000510. The number of halogens is 2. The van der Waals surface area contributed by atoms with Gasteiger partial charge in [0.25, 0.3) is 0 Å². The van der Waals surface area contributed by atoms with Crippen molar-refractivity contribution in [3.63, 3.8) is 0 Å². The number of hydrogen-bond donors (Lipinski definition) is 0. The number of cyclic esters (lactones) is 1. The molecule has 0 atom stereocenters.